The van der Waals surface area contributed by atoms with Crippen LogP contribution in [0.2, 0.25) is 0 Å². The zero-order valence-electron chi connectivity index (χ0n) is 5.47. The average molecular weight is 211 g/mol. The molecule has 0 unspecified atom stereocenters. The van der Waals surface area contributed by atoms with Crippen LogP contribution in [0.25, 0.3) is 0 Å². The van der Waals surface area contributed by atoms with Crippen molar-refractivity contribution >= 4 is 0 Å². The Labute approximate surface area is 69.8 Å². The Kier molecular flexibility index (Phi) is 6.30. The molecule has 0 saturated carbocycles. The van der Waals surface area contributed by atoms with E-state index in [1.165, 1.54) is 25.7 Å². The third-order valence-electron chi connectivity index (χ3n) is 1.37. The van der Waals surface area contributed by atoms with Gasteiger partial charge in [-0.15, -0.1) is 0 Å². The van der Waals surface area contributed by atoms with Gasteiger partial charge in [-0.25, -0.2) is 0 Å². The van der Waals surface area contributed by atoms with Gasteiger partial charge in [-0.2, -0.15) is 0 Å². The molecule has 0 aromatic heterocycles. The van der Waals surface area contributed by atoms with Crippen molar-refractivity contribution in [3.8, 4) is 0 Å². The van der Waals surface area contributed by atoms with Gasteiger partial charge in [-0.05, 0) is 25.7 Å². The number of hydrogen-bond acceptors (Lipinski definition) is 0. The molecule has 0 spiro atoms. The molecule has 1 radical (unpaired) electrons. The fourth-order valence-electron chi connectivity index (χ4n) is 0.874. The molecule has 0 aromatic rings. The first kappa shape index (κ1) is 9.10. The number of allylic oxidation sites excluding steroid dienone is 4. The van der Waals surface area contributed by atoms with E-state index in [0.29, 0.717) is 0 Å². The Balaban J connectivity index is 0.000000640. The summed E-state index contributed by atoms with van der Waals surface area (Å²) in [4.78, 5) is 0. The third kappa shape index (κ3) is 4.60. The molecule has 0 atom stereocenters. The van der Waals surface area contributed by atoms with Crippen LogP contribution in [-0.2, 0) is 19.5 Å². The van der Waals surface area contributed by atoms with Gasteiger partial charge in [0, 0.05) is 0 Å². The van der Waals surface area contributed by atoms with Gasteiger partial charge in [0.1, 0.15) is 0 Å². The van der Waals surface area contributed by atoms with Crippen LogP contribution in [0.15, 0.2) is 24.3 Å². The Bertz CT molecular complexity index is 89.1. The fourth-order valence-corrected chi connectivity index (χ4v) is 0.874. The van der Waals surface area contributed by atoms with Gasteiger partial charge in [0.05, 0.1) is 0 Å². The van der Waals surface area contributed by atoms with Gasteiger partial charge in [-0.1, -0.05) is 24.3 Å². The van der Waals surface area contributed by atoms with E-state index in [0.717, 1.165) is 0 Å². The van der Waals surface area contributed by atoms with Crippen molar-refractivity contribution in [1.82, 2.24) is 0 Å². The SMILES string of the molecule is C1=C\CCCC\C=C/1.[Rh+2]. The molecule has 0 aliphatic heterocycles. The first-order chi connectivity index (χ1) is 4.00. The van der Waals surface area contributed by atoms with E-state index in [1.807, 2.05) is 0 Å². The molecule has 51 valence electrons. The van der Waals surface area contributed by atoms with Crippen molar-refractivity contribution in [2.75, 3.05) is 0 Å². The van der Waals surface area contributed by atoms with Crippen LogP contribution in [0.3, 0.4) is 0 Å². The summed E-state index contributed by atoms with van der Waals surface area (Å²) >= 11 is 0. The predicted octanol–water partition coefficient (Wildman–Crippen LogP) is 2.67. The van der Waals surface area contributed by atoms with Crippen molar-refractivity contribution in [3.63, 3.8) is 0 Å². The van der Waals surface area contributed by atoms with Crippen molar-refractivity contribution in [3.05, 3.63) is 24.3 Å². The van der Waals surface area contributed by atoms with Crippen molar-refractivity contribution in [2.45, 2.75) is 25.7 Å². The number of rotatable bonds is 0. The van der Waals surface area contributed by atoms with Gasteiger partial charge >= 0.3 is 19.5 Å². The molecule has 1 aliphatic carbocycles. The van der Waals surface area contributed by atoms with Crippen LogP contribution in [-0.4, -0.2) is 0 Å². The zero-order chi connectivity index (χ0) is 5.66. The van der Waals surface area contributed by atoms with Crippen molar-refractivity contribution < 1.29 is 19.5 Å². The molecule has 1 aliphatic rings. The average Bonchev–Trinajstić information content (AvgIpc) is 1.62. The second-order valence-electron chi connectivity index (χ2n) is 2.14. The summed E-state index contributed by atoms with van der Waals surface area (Å²) < 4.78 is 0. The van der Waals surface area contributed by atoms with Crippen LogP contribution >= 0.6 is 0 Å². The molecule has 0 N–H and O–H groups in total. The molecule has 0 nitrogen and oxygen atoms in total. The molecule has 0 heterocycles. The van der Waals surface area contributed by atoms with Crippen LogP contribution in [0.1, 0.15) is 25.7 Å². The van der Waals surface area contributed by atoms with Crippen molar-refractivity contribution in [1.29, 1.82) is 0 Å². The number of hydrogen-bond donors (Lipinski definition) is 0. The van der Waals surface area contributed by atoms with Gasteiger partial charge in [0.15, 0.2) is 0 Å². The molecule has 0 bridgehead atoms. The quantitative estimate of drug-likeness (QED) is 0.540. The van der Waals surface area contributed by atoms with E-state index in [4.69, 9.17) is 0 Å². The Morgan fingerprint density at radius 2 is 1.22 bits per heavy atom. The fraction of sp³-hybridized carbons (Fsp3) is 0.500. The van der Waals surface area contributed by atoms with Gasteiger partial charge < -0.3 is 0 Å². The summed E-state index contributed by atoms with van der Waals surface area (Å²) in [6.07, 6.45) is 14.0. The van der Waals surface area contributed by atoms with Crippen LogP contribution < -0.4 is 0 Å². The molecule has 1 rings (SSSR count). The maximum absolute atomic E-state index is 2.23. The minimum atomic E-state index is 0. The predicted molar refractivity (Wildman–Crippen MR) is 36.7 cm³/mol. The minimum absolute atomic E-state index is 0. The van der Waals surface area contributed by atoms with E-state index in [-0.39, 0.29) is 19.5 Å². The maximum atomic E-state index is 2.23. The first-order valence-corrected chi connectivity index (χ1v) is 3.32. The Morgan fingerprint density at radius 1 is 0.778 bits per heavy atom. The van der Waals surface area contributed by atoms with Gasteiger partial charge in [0.25, 0.3) is 0 Å². The summed E-state index contributed by atoms with van der Waals surface area (Å²) in [6.45, 7) is 0. The molecule has 0 aromatic carbocycles. The molecular weight excluding hydrogens is 199 g/mol. The van der Waals surface area contributed by atoms with Crippen LogP contribution in [0, 0.1) is 0 Å². The van der Waals surface area contributed by atoms with E-state index < -0.39 is 0 Å². The summed E-state index contributed by atoms with van der Waals surface area (Å²) in [5.74, 6) is 0. The maximum Gasteiger partial charge on any atom is 2.00 e. The molecular formula is C8H12Rh+2. The molecule has 0 fully saturated rings. The van der Waals surface area contributed by atoms with E-state index >= 15 is 0 Å². The third-order valence-corrected chi connectivity index (χ3v) is 1.37. The largest absolute Gasteiger partial charge is 2.00 e. The van der Waals surface area contributed by atoms with Crippen LogP contribution in [0.4, 0.5) is 0 Å². The Hall–Kier alpha value is 0.103. The molecule has 1 heteroatoms. The smallest absolute Gasteiger partial charge is 0.0845 e. The second kappa shape index (κ2) is 6.23. The van der Waals surface area contributed by atoms with E-state index in [1.54, 1.807) is 0 Å². The zero-order valence-corrected chi connectivity index (χ0v) is 7.11. The second-order valence-corrected chi connectivity index (χ2v) is 2.14. The first-order valence-electron chi connectivity index (χ1n) is 3.32. The summed E-state index contributed by atoms with van der Waals surface area (Å²) in [7, 11) is 0. The summed E-state index contributed by atoms with van der Waals surface area (Å²) in [5, 5.41) is 0. The van der Waals surface area contributed by atoms with Crippen LogP contribution in [0.5, 0.6) is 0 Å². The molecule has 0 amide bonds. The topological polar surface area (TPSA) is 0 Å². The molecule has 0 saturated heterocycles. The summed E-state index contributed by atoms with van der Waals surface area (Å²) in [6, 6.07) is 0. The van der Waals surface area contributed by atoms with E-state index in [9.17, 15) is 0 Å². The normalized spacial score (nSPS) is 24.9. The standard InChI is InChI=1S/C8H12.Rh/c1-2-4-6-8-7-5-3-1;/h1-4H,5-8H2;/q;+2/b3-1-,4-2-;. The Morgan fingerprint density at radius 3 is 1.67 bits per heavy atom. The van der Waals surface area contributed by atoms with E-state index in [2.05, 4.69) is 24.3 Å². The molecule has 9 heavy (non-hydrogen) atoms. The minimum Gasteiger partial charge on any atom is -0.0845 e. The van der Waals surface area contributed by atoms with Gasteiger partial charge in [-0.3, -0.25) is 0 Å². The monoisotopic (exact) mass is 211 g/mol. The van der Waals surface area contributed by atoms with Crippen molar-refractivity contribution in [2.24, 2.45) is 0 Å². The van der Waals surface area contributed by atoms with Gasteiger partial charge in [0.2, 0.25) is 0 Å². The summed E-state index contributed by atoms with van der Waals surface area (Å²) in [5.41, 5.74) is 0.